The van der Waals surface area contributed by atoms with E-state index in [1.165, 1.54) is 18.6 Å². The molecule has 0 aliphatic heterocycles. The molecule has 0 saturated heterocycles. The van der Waals surface area contributed by atoms with E-state index >= 15 is 0 Å². The van der Waals surface area contributed by atoms with Crippen LogP contribution in [0, 0.1) is 0 Å². The Morgan fingerprint density at radius 1 is 0.926 bits per heavy atom. The maximum Gasteiger partial charge on any atom is 0.412 e. The van der Waals surface area contributed by atoms with E-state index in [2.05, 4.69) is 10.6 Å². The Labute approximate surface area is 168 Å². The lowest BCUT2D eigenvalue weighted by molar-refractivity contribution is 0.102. The predicted molar refractivity (Wildman–Crippen MR) is 107 cm³/mol. The second-order valence-corrected chi connectivity index (χ2v) is 7.34. The maximum absolute atomic E-state index is 12.6. The highest BCUT2D eigenvalue weighted by Gasteiger charge is 2.20. The summed E-state index contributed by atoms with van der Waals surface area (Å²) in [4.78, 5) is 24.9. The highest BCUT2D eigenvalue weighted by Crippen LogP contribution is 2.25. The van der Waals surface area contributed by atoms with Crippen molar-refractivity contribution in [2.45, 2.75) is 38.1 Å². The molecule has 7 heteroatoms. The van der Waals surface area contributed by atoms with E-state index in [-0.39, 0.29) is 17.4 Å². The van der Waals surface area contributed by atoms with Crippen molar-refractivity contribution in [1.29, 1.82) is 0 Å². The number of nitrogens with one attached hydrogen (secondary N) is 2. The molecule has 0 spiro atoms. The molecule has 2 aromatic carbocycles. The summed E-state index contributed by atoms with van der Waals surface area (Å²) in [7, 11) is 0. The number of rotatable bonds is 4. The first kappa shape index (κ1) is 19.5. The molecule has 0 heterocycles. The summed E-state index contributed by atoms with van der Waals surface area (Å²) in [6.45, 7) is 0. The highest BCUT2D eigenvalue weighted by molar-refractivity contribution is 6.31. The zero-order valence-electron chi connectivity index (χ0n) is 14.6. The van der Waals surface area contributed by atoms with Crippen molar-refractivity contribution in [3.05, 3.63) is 58.1 Å². The molecule has 0 radical (unpaired) electrons. The van der Waals surface area contributed by atoms with Gasteiger partial charge in [-0.3, -0.25) is 4.79 Å². The van der Waals surface area contributed by atoms with Gasteiger partial charge >= 0.3 is 6.09 Å². The third-order valence-electron chi connectivity index (χ3n) is 4.42. The molecule has 1 saturated carbocycles. The Kier molecular flexibility index (Phi) is 6.58. The minimum Gasteiger partial charge on any atom is -0.409 e. The van der Waals surface area contributed by atoms with Crippen LogP contribution in [0.25, 0.3) is 0 Å². The van der Waals surface area contributed by atoms with E-state index in [4.69, 9.17) is 27.9 Å². The molecule has 2 aromatic rings. The van der Waals surface area contributed by atoms with Crippen molar-refractivity contribution in [2.24, 2.45) is 0 Å². The Hall–Kier alpha value is -2.24. The van der Waals surface area contributed by atoms with Gasteiger partial charge in [0.25, 0.3) is 5.91 Å². The number of carbonyl (C=O) groups excluding carboxylic acids is 2. The molecule has 2 amide bonds. The number of halogens is 2. The second-order valence-electron chi connectivity index (χ2n) is 6.47. The smallest absolute Gasteiger partial charge is 0.409 e. The third kappa shape index (κ3) is 5.62. The lowest BCUT2D eigenvalue weighted by Gasteiger charge is -2.22. The minimum absolute atomic E-state index is 0.116. The van der Waals surface area contributed by atoms with Crippen LogP contribution >= 0.6 is 23.2 Å². The van der Waals surface area contributed by atoms with E-state index in [0.717, 1.165) is 25.7 Å². The lowest BCUT2D eigenvalue weighted by Crippen LogP contribution is -2.38. The number of benzene rings is 2. The van der Waals surface area contributed by atoms with E-state index in [0.29, 0.717) is 15.7 Å². The number of carbonyl (C=O) groups is 2. The lowest BCUT2D eigenvalue weighted by atomic mass is 9.96. The van der Waals surface area contributed by atoms with Crippen LogP contribution in [0.15, 0.2) is 42.5 Å². The molecule has 1 aliphatic carbocycles. The average molecular weight is 407 g/mol. The molecule has 1 fully saturated rings. The molecular weight excluding hydrogens is 387 g/mol. The fourth-order valence-electron chi connectivity index (χ4n) is 3.04. The predicted octanol–water partition coefficient (Wildman–Crippen LogP) is 5.67. The van der Waals surface area contributed by atoms with E-state index in [1.807, 2.05) is 0 Å². The standard InChI is InChI=1S/C20H20Cl2N2O3/c21-13-6-9-16(10-7-13)23-19(25)17-12-14(22)8-11-18(17)27-20(26)24-15-4-2-1-3-5-15/h6-12,15H,1-5H2,(H,23,25)(H,24,26). The average Bonchev–Trinajstić information content (AvgIpc) is 2.66. The summed E-state index contributed by atoms with van der Waals surface area (Å²) in [5.74, 6) is -0.278. The number of hydrogen-bond acceptors (Lipinski definition) is 3. The van der Waals surface area contributed by atoms with Crippen LogP contribution in [0.4, 0.5) is 10.5 Å². The van der Waals surface area contributed by atoms with Gasteiger partial charge in [0.2, 0.25) is 0 Å². The van der Waals surface area contributed by atoms with Gasteiger partial charge in [0, 0.05) is 21.8 Å². The van der Waals surface area contributed by atoms with Gasteiger partial charge in [0.1, 0.15) is 5.75 Å². The van der Waals surface area contributed by atoms with Crippen molar-refractivity contribution in [3.8, 4) is 5.75 Å². The van der Waals surface area contributed by atoms with Crippen molar-refractivity contribution < 1.29 is 14.3 Å². The SMILES string of the molecule is O=C(NC1CCCCC1)Oc1ccc(Cl)cc1C(=O)Nc1ccc(Cl)cc1. The van der Waals surface area contributed by atoms with Crippen LogP contribution in [0.1, 0.15) is 42.5 Å². The normalized spacial score (nSPS) is 14.4. The van der Waals surface area contributed by atoms with Gasteiger partial charge in [-0.25, -0.2) is 4.79 Å². The number of anilines is 1. The van der Waals surface area contributed by atoms with Crippen LogP contribution < -0.4 is 15.4 Å². The van der Waals surface area contributed by atoms with E-state index in [1.54, 1.807) is 30.3 Å². The van der Waals surface area contributed by atoms with Gasteiger partial charge < -0.3 is 15.4 Å². The zero-order valence-corrected chi connectivity index (χ0v) is 16.1. The quantitative estimate of drug-likeness (QED) is 0.687. The first-order valence-electron chi connectivity index (χ1n) is 8.86. The number of hydrogen-bond donors (Lipinski definition) is 2. The van der Waals surface area contributed by atoms with E-state index < -0.39 is 12.0 Å². The molecule has 5 nitrogen and oxygen atoms in total. The number of amides is 2. The van der Waals surface area contributed by atoms with Gasteiger partial charge in [-0.05, 0) is 55.3 Å². The van der Waals surface area contributed by atoms with Crippen LogP contribution in [0.3, 0.4) is 0 Å². The van der Waals surface area contributed by atoms with Crippen molar-refractivity contribution in [2.75, 3.05) is 5.32 Å². The summed E-state index contributed by atoms with van der Waals surface area (Å²) in [5.41, 5.74) is 0.748. The van der Waals surface area contributed by atoms with Gasteiger partial charge in [-0.15, -0.1) is 0 Å². The first-order chi connectivity index (χ1) is 13.0. The highest BCUT2D eigenvalue weighted by atomic mass is 35.5. The first-order valence-corrected chi connectivity index (χ1v) is 9.61. The summed E-state index contributed by atoms with van der Waals surface area (Å²) in [6.07, 6.45) is 4.71. The molecule has 2 N–H and O–H groups in total. The molecular formula is C20H20Cl2N2O3. The number of ether oxygens (including phenoxy) is 1. The topological polar surface area (TPSA) is 67.4 Å². The minimum atomic E-state index is -0.565. The molecule has 27 heavy (non-hydrogen) atoms. The largest absolute Gasteiger partial charge is 0.412 e. The van der Waals surface area contributed by atoms with Gasteiger partial charge in [0.15, 0.2) is 0 Å². The Balaban J connectivity index is 1.70. The third-order valence-corrected chi connectivity index (χ3v) is 4.91. The van der Waals surface area contributed by atoms with E-state index in [9.17, 15) is 9.59 Å². The molecule has 142 valence electrons. The fourth-order valence-corrected chi connectivity index (χ4v) is 3.34. The Bertz CT molecular complexity index is 818. The van der Waals surface area contributed by atoms with Gasteiger partial charge in [-0.2, -0.15) is 0 Å². The fraction of sp³-hybridized carbons (Fsp3) is 0.300. The second kappa shape index (κ2) is 9.11. The van der Waals surface area contributed by atoms with Crippen LogP contribution in [0.5, 0.6) is 5.75 Å². The van der Waals surface area contributed by atoms with Crippen molar-refractivity contribution in [3.63, 3.8) is 0 Å². The summed E-state index contributed by atoms with van der Waals surface area (Å²) in [5, 5.41) is 6.54. The molecule has 0 bridgehead atoms. The molecule has 1 aliphatic rings. The summed E-state index contributed by atoms with van der Waals surface area (Å²) >= 11 is 11.9. The molecule has 0 aromatic heterocycles. The monoisotopic (exact) mass is 406 g/mol. The zero-order chi connectivity index (χ0) is 19.2. The van der Waals surface area contributed by atoms with Gasteiger partial charge in [0.05, 0.1) is 5.56 Å². The Morgan fingerprint density at radius 3 is 2.30 bits per heavy atom. The van der Waals surface area contributed by atoms with Crippen LogP contribution in [-0.4, -0.2) is 18.0 Å². The summed E-state index contributed by atoms with van der Waals surface area (Å²) in [6, 6.07) is 11.4. The maximum atomic E-state index is 12.6. The van der Waals surface area contributed by atoms with Crippen LogP contribution in [0.2, 0.25) is 10.0 Å². The van der Waals surface area contributed by atoms with Gasteiger partial charge in [-0.1, -0.05) is 42.5 Å². The molecule has 0 unspecified atom stereocenters. The van der Waals surface area contributed by atoms with Crippen molar-refractivity contribution in [1.82, 2.24) is 5.32 Å². The van der Waals surface area contributed by atoms with Crippen LogP contribution in [-0.2, 0) is 0 Å². The molecule has 3 rings (SSSR count). The Morgan fingerprint density at radius 2 is 1.59 bits per heavy atom. The summed E-state index contributed by atoms with van der Waals surface area (Å²) < 4.78 is 5.39. The van der Waals surface area contributed by atoms with Crippen molar-refractivity contribution >= 4 is 40.9 Å². The molecule has 0 atom stereocenters.